The number of hydrogen-bond donors (Lipinski definition) is 6. The van der Waals surface area contributed by atoms with Gasteiger partial charge in [0.2, 0.25) is 0 Å². The molecule has 62 heavy (non-hydrogen) atoms. The van der Waals surface area contributed by atoms with E-state index in [1.807, 2.05) is 70.3 Å². The lowest BCUT2D eigenvalue weighted by Crippen LogP contribution is -2.44. The summed E-state index contributed by atoms with van der Waals surface area (Å²) in [6, 6.07) is 11.4. The minimum atomic E-state index is -5.08. The van der Waals surface area contributed by atoms with Crippen molar-refractivity contribution in [2.75, 3.05) is 45.3 Å². The summed E-state index contributed by atoms with van der Waals surface area (Å²) in [5, 5.41) is 27.9. The number of halogens is 9. The van der Waals surface area contributed by atoms with Crippen LogP contribution in [0.25, 0.3) is 0 Å². The maximum Gasteiger partial charge on any atom is 0.490 e. The second-order valence-corrected chi connectivity index (χ2v) is 13.3. The third-order valence-corrected chi connectivity index (χ3v) is 7.66. The molecule has 1 saturated heterocycles. The van der Waals surface area contributed by atoms with Crippen molar-refractivity contribution in [1.29, 1.82) is 0 Å². The van der Waals surface area contributed by atoms with Crippen LogP contribution >= 0.6 is 0 Å². The number of rotatable bonds is 11. The molecular weight excluding hydrogens is 861 g/mol. The molecule has 16 nitrogen and oxygen atoms in total. The molecule has 1 aliphatic rings. The molecule has 0 saturated carbocycles. The van der Waals surface area contributed by atoms with Gasteiger partial charge in [-0.05, 0) is 68.7 Å². The van der Waals surface area contributed by atoms with Crippen LogP contribution in [0.3, 0.4) is 0 Å². The molecular formula is C37H44F9N5O11. The minimum Gasteiger partial charge on any atom is -0.497 e. The molecule has 1 aliphatic heterocycles. The Morgan fingerprint density at radius 2 is 1.35 bits per heavy atom. The number of H-pyrrole nitrogens is 1. The van der Waals surface area contributed by atoms with E-state index in [1.54, 1.807) is 13.3 Å². The number of anilines is 1. The number of nitrogens with zero attached hydrogens (tertiary/aromatic N) is 2. The van der Waals surface area contributed by atoms with Crippen LogP contribution in [0.4, 0.5) is 45.2 Å². The normalized spacial score (nSPS) is 13.6. The lowest BCUT2D eigenvalue weighted by Gasteiger charge is -2.34. The number of carbonyl (C=O) groups excluding carboxylic acids is 2. The Balaban J connectivity index is 0.000000751. The van der Waals surface area contributed by atoms with Crippen LogP contribution in [0.1, 0.15) is 71.4 Å². The molecule has 1 unspecified atom stereocenters. The monoisotopic (exact) mass is 905 g/mol. The summed E-state index contributed by atoms with van der Waals surface area (Å²) < 4.78 is 112. The van der Waals surface area contributed by atoms with Gasteiger partial charge in [0.1, 0.15) is 17.0 Å². The average molecular weight is 906 g/mol. The fraction of sp³-hybridized carbons (Fsp3) is 0.459. The van der Waals surface area contributed by atoms with E-state index in [0.29, 0.717) is 55.2 Å². The molecule has 6 N–H and O–H groups in total. The number of carbonyl (C=O) groups is 5. The Hall–Kier alpha value is -6.11. The molecule has 25 heteroatoms. The Morgan fingerprint density at radius 1 is 0.855 bits per heavy atom. The van der Waals surface area contributed by atoms with Crippen molar-refractivity contribution < 1.29 is 93.0 Å². The molecule has 0 bridgehead atoms. The van der Waals surface area contributed by atoms with Gasteiger partial charge in [-0.25, -0.2) is 19.2 Å². The highest BCUT2D eigenvalue weighted by molar-refractivity contribution is 6.01. The molecule has 1 atom stereocenters. The van der Waals surface area contributed by atoms with Crippen LogP contribution in [0.15, 0.2) is 48.8 Å². The van der Waals surface area contributed by atoms with E-state index in [-0.39, 0.29) is 11.9 Å². The van der Waals surface area contributed by atoms with E-state index < -0.39 is 48.0 Å². The summed E-state index contributed by atoms with van der Waals surface area (Å²) >= 11 is 0. The molecule has 0 spiro atoms. The molecule has 1 fully saturated rings. The third-order valence-electron chi connectivity index (χ3n) is 7.66. The number of methoxy groups -OCH3 is 1. The van der Waals surface area contributed by atoms with Gasteiger partial charge < -0.3 is 45.1 Å². The number of aromatic nitrogens is 2. The lowest BCUT2D eigenvalue weighted by atomic mass is 10.0. The minimum absolute atomic E-state index is 0.0632. The maximum absolute atomic E-state index is 13.9. The molecule has 2 aromatic heterocycles. The Kier molecular flexibility index (Phi) is 20.7. The van der Waals surface area contributed by atoms with E-state index in [2.05, 4.69) is 25.5 Å². The number of aromatic amines is 1. The summed E-state index contributed by atoms with van der Waals surface area (Å²) in [5.74, 6) is -8.26. The van der Waals surface area contributed by atoms with Crippen LogP contribution in [-0.2, 0) is 36.8 Å². The first kappa shape index (κ1) is 53.9. The summed E-state index contributed by atoms with van der Waals surface area (Å²) in [4.78, 5) is 63.6. The average Bonchev–Trinajstić information content (AvgIpc) is 3.56. The molecule has 4 rings (SSSR count). The van der Waals surface area contributed by atoms with Gasteiger partial charge in [0, 0.05) is 43.4 Å². The quantitative estimate of drug-likeness (QED) is 0.0924. The Labute approximate surface area is 347 Å². The number of pyridine rings is 1. The van der Waals surface area contributed by atoms with Crippen molar-refractivity contribution in [2.45, 2.75) is 70.8 Å². The zero-order valence-electron chi connectivity index (χ0n) is 33.5. The maximum atomic E-state index is 13.9. The molecule has 3 heterocycles. The number of aliphatic carboxylic acids is 3. The van der Waals surface area contributed by atoms with E-state index in [1.165, 1.54) is 0 Å². The Morgan fingerprint density at radius 3 is 1.76 bits per heavy atom. The number of hydrogen-bond acceptors (Lipinski definition) is 11. The second kappa shape index (κ2) is 23.8. The number of benzene rings is 1. The molecule has 3 aromatic rings. The number of alkyl halides is 9. The zero-order valence-corrected chi connectivity index (χ0v) is 33.5. The first-order chi connectivity index (χ1) is 28.5. The number of carboxylic acids is 3. The number of ether oxygens (including phenoxy) is 3. The topological polar surface area (TPSA) is 230 Å². The van der Waals surface area contributed by atoms with Crippen molar-refractivity contribution in [2.24, 2.45) is 0 Å². The zero-order chi connectivity index (χ0) is 47.6. The number of morpholine rings is 1. The van der Waals surface area contributed by atoms with Gasteiger partial charge in [0.05, 0.1) is 38.5 Å². The first-order valence-electron chi connectivity index (χ1n) is 17.8. The van der Waals surface area contributed by atoms with E-state index in [0.717, 1.165) is 30.1 Å². The predicted molar refractivity (Wildman–Crippen MR) is 198 cm³/mol. The largest absolute Gasteiger partial charge is 0.497 e. The second-order valence-electron chi connectivity index (χ2n) is 13.3. The van der Waals surface area contributed by atoms with Gasteiger partial charge in [0.25, 0.3) is 5.91 Å². The highest BCUT2D eigenvalue weighted by Crippen LogP contribution is 2.26. The van der Waals surface area contributed by atoms with Crippen molar-refractivity contribution in [3.63, 3.8) is 0 Å². The predicted octanol–water partition coefficient (Wildman–Crippen LogP) is 6.25. The van der Waals surface area contributed by atoms with Gasteiger partial charge in [0.15, 0.2) is 0 Å². The smallest absolute Gasteiger partial charge is 0.490 e. The van der Waals surface area contributed by atoms with Crippen molar-refractivity contribution in [1.82, 2.24) is 20.2 Å². The van der Waals surface area contributed by atoms with Crippen LogP contribution in [0.5, 0.6) is 5.75 Å². The number of carboxylic acid groups (broad SMARTS) is 3. The highest BCUT2D eigenvalue weighted by atomic mass is 19.4. The van der Waals surface area contributed by atoms with Crippen molar-refractivity contribution >= 4 is 35.5 Å². The summed E-state index contributed by atoms with van der Waals surface area (Å²) in [6.07, 6.45) is -11.2. The fourth-order valence-corrected chi connectivity index (χ4v) is 4.96. The third kappa shape index (κ3) is 19.1. The van der Waals surface area contributed by atoms with Gasteiger partial charge in [-0.15, -0.1) is 0 Å². The van der Waals surface area contributed by atoms with Crippen molar-refractivity contribution in [3.8, 4) is 5.75 Å². The van der Waals surface area contributed by atoms with Crippen molar-refractivity contribution in [3.05, 3.63) is 76.9 Å². The van der Waals surface area contributed by atoms with Crippen LogP contribution in [0.2, 0.25) is 0 Å². The molecule has 1 amide bonds. The standard InChI is InChI=1S/C31H41N5O5.3C2HF3O2/c1-6-24-27(29(37)34-20-26(21-8-7-13-32-18-21)36-14-16-40-17-15-36)25(35-28(24)30(38)41-31(2,3)4)19-33-22-9-11-23(39-5)12-10-22;3*3-2(4,5)1(6)7/h7-13,18,26,33,35H,6,14-17,19-20H2,1-5H3,(H,34,37);3*(H,6,7). The van der Waals surface area contributed by atoms with Gasteiger partial charge >= 0.3 is 42.4 Å². The number of esters is 1. The SMILES string of the molecule is CCc1c(C(=O)OC(C)(C)C)[nH]c(CNc2ccc(OC)cc2)c1C(=O)NCC(c1cccnc1)N1CCOCC1.O=C(O)C(F)(F)F.O=C(O)C(F)(F)F.O=C(O)C(F)(F)F. The Bertz CT molecular complexity index is 1850. The number of amides is 1. The van der Waals surface area contributed by atoms with Crippen LogP contribution in [-0.4, -0.2) is 124 Å². The molecule has 346 valence electrons. The summed E-state index contributed by atoms with van der Waals surface area (Å²) in [7, 11) is 1.62. The van der Waals surface area contributed by atoms with E-state index in [9.17, 15) is 49.1 Å². The molecule has 0 aliphatic carbocycles. The highest BCUT2D eigenvalue weighted by Gasteiger charge is 2.39. The fourth-order valence-electron chi connectivity index (χ4n) is 4.96. The van der Waals surface area contributed by atoms with E-state index >= 15 is 0 Å². The van der Waals surface area contributed by atoms with Gasteiger partial charge in [-0.1, -0.05) is 13.0 Å². The van der Waals surface area contributed by atoms with Crippen LogP contribution < -0.4 is 15.4 Å². The van der Waals surface area contributed by atoms with Gasteiger partial charge in [-0.3, -0.25) is 14.7 Å². The lowest BCUT2D eigenvalue weighted by molar-refractivity contribution is -0.193. The molecule has 0 radical (unpaired) electrons. The summed E-state index contributed by atoms with van der Waals surface area (Å²) in [5.41, 5.74) is 3.21. The number of nitrogens with one attached hydrogen (secondary N) is 3. The first-order valence-corrected chi connectivity index (χ1v) is 17.8. The van der Waals surface area contributed by atoms with Gasteiger partial charge in [-0.2, -0.15) is 39.5 Å². The van der Waals surface area contributed by atoms with E-state index in [4.69, 9.17) is 43.9 Å². The molecule has 1 aromatic carbocycles. The van der Waals surface area contributed by atoms with Crippen LogP contribution in [0, 0.1) is 0 Å². The summed E-state index contributed by atoms with van der Waals surface area (Å²) in [6.45, 7) is 10.9.